The van der Waals surface area contributed by atoms with Crippen molar-refractivity contribution in [2.24, 2.45) is 4.99 Å². The van der Waals surface area contributed by atoms with Crippen LogP contribution < -0.4 is 5.32 Å². The lowest BCUT2D eigenvalue weighted by Gasteiger charge is -2.34. The number of piperidine rings is 1. The van der Waals surface area contributed by atoms with E-state index in [1.807, 2.05) is 7.05 Å². The van der Waals surface area contributed by atoms with Crippen LogP contribution in [0.5, 0.6) is 0 Å². The summed E-state index contributed by atoms with van der Waals surface area (Å²) in [6.45, 7) is 4.58. The van der Waals surface area contributed by atoms with E-state index in [4.69, 9.17) is 9.47 Å². The molecule has 2 aliphatic rings. The minimum absolute atomic E-state index is 0.319. The molecule has 2 saturated heterocycles. The first kappa shape index (κ1) is 20.2. The van der Waals surface area contributed by atoms with Crippen LogP contribution in [0.1, 0.15) is 37.7 Å². The summed E-state index contributed by atoms with van der Waals surface area (Å²) in [4.78, 5) is 10.2. The number of guanidine groups is 1. The van der Waals surface area contributed by atoms with Crippen LogP contribution >= 0.6 is 0 Å². The predicted molar refractivity (Wildman–Crippen MR) is 118 cm³/mol. The second kappa shape index (κ2) is 10.1. The molecule has 1 atom stereocenters. The number of aromatic amines is 1. The number of hydrogen-bond donors (Lipinski definition) is 2. The monoisotopic (exact) mass is 398 g/mol. The Balaban J connectivity index is 1.16. The van der Waals surface area contributed by atoms with Crippen molar-refractivity contribution >= 4 is 16.9 Å². The summed E-state index contributed by atoms with van der Waals surface area (Å²) in [7, 11) is 1.88. The first-order chi connectivity index (χ1) is 14.3. The lowest BCUT2D eigenvalue weighted by atomic mass is 10.1. The molecule has 2 N–H and O–H groups in total. The first-order valence-corrected chi connectivity index (χ1v) is 11.1. The number of fused-ring (bicyclic) bond motifs is 1. The Labute approximate surface area is 173 Å². The van der Waals surface area contributed by atoms with Crippen molar-refractivity contribution in [3.8, 4) is 0 Å². The van der Waals surface area contributed by atoms with Crippen LogP contribution in [-0.4, -0.2) is 67.9 Å². The summed E-state index contributed by atoms with van der Waals surface area (Å²) < 4.78 is 11.7. The number of aromatic nitrogens is 1. The number of aryl methyl sites for hydroxylation is 1. The zero-order valence-electron chi connectivity index (χ0n) is 17.5. The fraction of sp³-hybridized carbons (Fsp3) is 0.609. The van der Waals surface area contributed by atoms with Gasteiger partial charge in [-0.15, -0.1) is 0 Å². The van der Waals surface area contributed by atoms with Gasteiger partial charge < -0.3 is 24.7 Å². The minimum atomic E-state index is 0.319. The van der Waals surface area contributed by atoms with Crippen molar-refractivity contribution < 1.29 is 9.47 Å². The van der Waals surface area contributed by atoms with Crippen molar-refractivity contribution in [1.82, 2.24) is 15.2 Å². The summed E-state index contributed by atoms with van der Waals surface area (Å²) in [6.07, 6.45) is 9.40. The summed E-state index contributed by atoms with van der Waals surface area (Å²) in [5.41, 5.74) is 2.61. The molecular weight excluding hydrogens is 364 g/mol. The van der Waals surface area contributed by atoms with Gasteiger partial charge >= 0.3 is 0 Å². The van der Waals surface area contributed by atoms with Gasteiger partial charge in [0.1, 0.15) is 0 Å². The van der Waals surface area contributed by atoms with Gasteiger partial charge in [-0.3, -0.25) is 4.99 Å². The molecule has 2 aromatic rings. The Morgan fingerprint density at radius 1 is 1.28 bits per heavy atom. The molecule has 1 unspecified atom stereocenters. The molecule has 6 heteroatoms. The highest BCUT2D eigenvalue weighted by atomic mass is 16.5. The van der Waals surface area contributed by atoms with Gasteiger partial charge in [0.05, 0.1) is 18.8 Å². The molecule has 1 aromatic carbocycles. The van der Waals surface area contributed by atoms with Gasteiger partial charge in [0.2, 0.25) is 0 Å². The van der Waals surface area contributed by atoms with Gasteiger partial charge in [-0.1, -0.05) is 18.2 Å². The van der Waals surface area contributed by atoms with E-state index < -0.39 is 0 Å². The number of rotatable bonds is 7. The summed E-state index contributed by atoms with van der Waals surface area (Å²) in [6, 6.07) is 8.50. The minimum Gasteiger partial charge on any atom is -0.376 e. The molecule has 0 radical (unpaired) electrons. The second-order valence-corrected chi connectivity index (χ2v) is 8.09. The second-order valence-electron chi connectivity index (χ2n) is 8.09. The molecule has 0 amide bonds. The fourth-order valence-corrected chi connectivity index (χ4v) is 4.40. The summed E-state index contributed by atoms with van der Waals surface area (Å²) >= 11 is 0. The lowest BCUT2D eigenvalue weighted by Crippen LogP contribution is -2.47. The predicted octanol–water partition coefficient (Wildman–Crippen LogP) is 3.34. The van der Waals surface area contributed by atoms with Crippen LogP contribution in [0.25, 0.3) is 10.9 Å². The normalized spacial score (nSPS) is 21.2. The molecule has 1 aromatic heterocycles. The Bertz CT molecular complexity index is 789. The smallest absolute Gasteiger partial charge is 0.193 e. The highest BCUT2D eigenvalue weighted by Crippen LogP contribution is 2.19. The molecule has 0 bridgehead atoms. The quantitative estimate of drug-likeness (QED) is 0.427. The largest absolute Gasteiger partial charge is 0.376 e. The molecule has 0 saturated carbocycles. The van der Waals surface area contributed by atoms with E-state index in [1.165, 1.54) is 22.9 Å². The van der Waals surface area contributed by atoms with Crippen LogP contribution in [0.15, 0.2) is 35.5 Å². The molecular formula is C23H34N4O2. The summed E-state index contributed by atoms with van der Waals surface area (Å²) in [5.74, 6) is 1.02. The number of aliphatic imine (C=N–C) groups is 1. The summed E-state index contributed by atoms with van der Waals surface area (Å²) in [5, 5.41) is 4.88. The van der Waals surface area contributed by atoms with E-state index >= 15 is 0 Å². The van der Waals surface area contributed by atoms with Crippen molar-refractivity contribution in [3.05, 3.63) is 36.0 Å². The van der Waals surface area contributed by atoms with E-state index in [0.717, 1.165) is 70.9 Å². The molecule has 2 fully saturated rings. The topological polar surface area (TPSA) is 61.9 Å². The SMILES string of the molecule is CN=C(NCCCc1c[nH]c2ccccc12)N1CCC(OCC2CCCO2)CC1. The highest BCUT2D eigenvalue weighted by molar-refractivity contribution is 5.83. The van der Waals surface area contributed by atoms with Crippen molar-refractivity contribution in [2.75, 3.05) is 39.9 Å². The Morgan fingerprint density at radius 2 is 2.14 bits per heavy atom. The van der Waals surface area contributed by atoms with Gasteiger partial charge in [0.25, 0.3) is 0 Å². The molecule has 6 nitrogen and oxygen atoms in total. The van der Waals surface area contributed by atoms with Crippen LogP contribution in [0.2, 0.25) is 0 Å². The van der Waals surface area contributed by atoms with E-state index in [-0.39, 0.29) is 0 Å². The van der Waals surface area contributed by atoms with Gasteiger partial charge in [-0.05, 0) is 50.2 Å². The van der Waals surface area contributed by atoms with Gasteiger partial charge in [0, 0.05) is 50.4 Å². The Hall–Kier alpha value is -2.05. The highest BCUT2D eigenvalue weighted by Gasteiger charge is 2.24. The van der Waals surface area contributed by atoms with Gasteiger partial charge in [0.15, 0.2) is 5.96 Å². The molecule has 29 heavy (non-hydrogen) atoms. The van der Waals surface area contributed by atoms with Crippen LogP contribution in [-0.2, 0) is 15.9 Å². The van der Waals surface area contributed by atoms with E-state index in [1.54, 1.807) is 0 Å². The van der Waals surface area contributed by atoms with Crippen LogP contribution in [0.3, 0.4) is 0 Å². The molecule has 3 heterocycles. The third-order valence-electron chi connectivity index (χ3n) is 6.08. The van der Waals surface area contributed by atoms with Crippen LogP contribution in [0, 0.1) is 0 Å². The number of H-pyrrole nitrogens is 1. The van der Waals surface area contributed by atoms with Gasteiger partial charge in [-0.2, -0.15) is 0 Å². The van der Waals surface area contributed by atoms with Gasteiger partial charge in [-0.25, -0.2) is 0 Å². The number of benzene rings is 1. The first-order valence-electron chi connectivity index (χ1n) is 11.1. The zero-order valence-corrected chi connectivity index (χ0v) is 17.5. The number of para-hydroxylation sites is 1. The van der Waals surface area contributed by atoms with E-state index in [9.17, 15) is 0 Å². The Kier molecular flexibility index (Phi) is 7.06. The molecule has 0 aliphatic carbocycles. The third-order valence-corrected chi connectivity index (χ3v) is 6.08. The van der Waals surface area contributed by atoms with Crippen LogP contribution in [0.4, 0.5) is 0 Å². The molecule has 4 rings (SSSR count). The van der Waals surface area contributed by atoms with E-state index in [2.05, 4.69) is 50.7 Å². The van der Waals surface area contributed by atoms with Crippen molar-refractivity contribution in [1.29, 1.82) is 0 Å². The number of nitrogens with zero attached hydrogens (tertiary/aromatic N) is 2. The molecule has 158 valence electrons. The standard InChI is InChI=1S/C23H34N4O2/c1-24-23(25-12-4-6-18-16-26-22-9-3-2-8-21(18)22)27-13-10-19(11-14-27)29-17-20-7-5-15-28-20/h2-3,8-9,16,19-20,26H,4-7,10-15,17H2,1H3,(H,24,25). The average Bonchev–Trinajstić information content (AvgIpc) is 3.43. The number of likely N-dealkylation sites (tertiary alicyclic amines) is 1. The number of hydrogen-bond acceptors (Lipinski definition) is 3. The average molecular weight is 399 g/mol. The van der Waals surface area contributed by atoms with Crippen molar-refractivity contribution in [2.45, 2.75) is 50.7 Å². The maximum atomic E-state index is 6.09. The zero-order chi connectivity index (χ0) is 19.9. The maximum absolute atomic E-state index is 6.09. The molecule has 0 spiro atoms. The van der Waals surface area contributed by atoms with Crippen molar-refractivity contribution in [3.63, 3.8) is 0 Å². The third kappa shape index (κ3) is 5.31. The number of nitrogens with one attached hydrogen (secondary N) is 2. The maximum Gasteiger partial charge on any atom is 0.193 e. The number of ether oxygens (including phenoxy) is 2. The molecule has 2 aliphatic heterocycles. The lowest BCUT2D eigenvalue weighted by molar-refractivity contribution is -0.0367. The fourth-order valence-electron chi connectivity index (χ4n) is 4.40. The van der Waals surface area contributed by atoms with E-state index in [0.29, 0.717) is 12.2 Å². The Morgan fingerprint density at radius 3 is 2.93 bits per heavy atom.